The van der Waals surface area contributed by atoms with Gasteiger partial charge in [-0.2, -0.15) is 0 Å². The van der Waals surface area contributed by atoms with E-state index in [9.17, 15) is 4.79 Å². The van der Waals surface area contributed by atoms with E-state index in [0.717, 1.165) is 35.5 Å². The number of fused-ring (bicyclic) bond motifs is 2. The van der Waals surface area contributed by atoms with Gasteiger partial charge in [0.2, 0.25) is 0 Å². The standard InChI is InChI=1S/C14H16O3/c1-9-2-3-10-7-13-14(17-5-4-16-13)8-11(10)12(15)6-9/h7-9H,2-6H2,1H3. The third-order valence-electron chi connectivity index (χ3n) is 3.51. The molecule has 1 aromatic rings. The number of carbonyl (C=O) groups is 1. The van der Waals surface area contributed by atoms with Crippen LogP contribution in [0.1, 0.15) is 35.7 Å². The van der Waals surface area contributed by atoms with Crippen LogP contribution in [0.4, 0.5) is 0 Å². The smallest absolute Gasteiger partial charge is 0.163 e. The van der Waals surface area contributed by atoms with Crippen molar-refractivity contribution < 1.29 is 14.3 Å². The molecule has 17 heavy (non-hydrogen) atoms. The monoisotopic (exact) mass is 232 g/mol. The molecule has 1 atom stereocenters. The Morgan fingerprint density at radius 1 is 1.18 bits per heavy atom. The molecular weight excluding hydrogens is 216 g/mol. The Labute approximate surface area is 101 Å². The van der Waals surface area contributed by atoms with Gasteiger partial charge < -0.3 is 9.47 Å². The van der Waals surface area contributed by atoms with Gasteiger partial charge in [0, 0.05) is 12.0 Å². The number of hydrogen-bond donors (Lipinski definition) is 0. The highest BCUT2D eigenvalue weighted by Crippen LogP contribution is 2.36. The summed E-state index contributed by atoms with van der Waals surface area (Å²) in [6.07, 6.45) is 2.67. The molecule has 0 saturated carbocycles. The first-order valence-corrected chi connectivity index (χ1v) is 6.20. The lowest BCUT2D eigenvalue weighted by Gasteiger charge is -2.20. The molecule has 1 aromatic carbocycles. The van der Waals surface area contributed by atoms with Crippen LogP contribution >= 0.6 is 0 Å². The summed E-state index contributed by atoms with van der Waals surface area (Å²) in [5, 5.41) is 0. The first-order chi connectivity index (χ1) is 8.24. The zero-order valence-electron chi connectivity index (χ0n) is 9.99. The number of hydrogen-bond acceptors (Lipinski definition) is 3. The van der Waals surface area contributed by atoms with E-state index in [4.69, 9.17) is 9.47 Å². The summed E-state index contributed by atoms with van der Waals surface area (Å²) in [6.45, 7) is 3.29. The highest BCUT2D eigenvalue weighted by atomic mass is 16.6. The molecule has 0 amide bonds. The Balaban J connectivity index is 2.06. The summed E-state index contributed by atoms with van der Waals surface area (Å²) in [4.78, 5) is 12.1. The van der Waals surface area contributed by atoms with Crippen molar-refractivity contribution in [3.8, 4) is 11.5 Å². The van der Waals surface area contributed by atoms with Gasteiger partial charge in [0.1, 0.15) is 13.2 Å². The fourth-order valence-corrected chi connectivity index (χ4v) is 2.53. The molecule has 0 radical (unpaired) electrons. The van der Waals surface area contributed by atoms with Crippen molar-refractivity contribution in [1.29, 1.82) is 0 Å². The molecule has 2 aliphatic rings. The second kappa shape index (κ2) is 4.06. The molecule has 3 heteroatoms. The minimum atomic E-state index is 0.238. The van der Waals surface area contributed by atoms with Crippen LogP contribution in [-0.2, 0) is 6.42 Å². The fraction of sp³-hybridized carbons (Fsp3) is 0.500. The number of Topliss-reactive ketones (excluding diaryl/α,β-unsaturated/α-hetero) is 1. The van der Waals surface area contributed by atoms with Gasteiger partial charge in [-0.3, -0.25) is 4.79 Å². The Morgan fingerprint density at radius 3 is 2.65 bits per heavy atom. The molecular formula is C14H16O3. The topological polar surface area (TPSA) is 35.5 Å². The maximum Gasteiger partial charge on any atom is 0.163 e. The van der Waals surface area contributed by atoms with Crippen LogP contribution in [0, 0.1) is 5.92 Å². The van der Waals surface area contributed by atoms with Gasteiger partial charge in [-0.15, -0.1) is 0 Å². The molecule has 3 nitrogen and oxygen atoms in total. The van der Waals surface area contributed by atoms with Gasteiger partial charge in [0.05, 0.1) is 0 Å². The maximum atomic E-state index is 12.1. The quantitative estimate of drug-likeness (QED) is 0.645. The summed E-state index contributed by atoms with van der Waals surface area (Å²) in [5.41, 5.74) is 1.95. The summed E-state index contributed by atoms with van der Waals surface area (Å²) >= 11 is 0. The summed E-state index contributed by atoms with van der Waals surface area (Å²) in [7, 11) is 0. The lowest BCUT2D eigenvalue weighted by molar-refractivity contribution is 0.0966. The van der Waals surface area contributed by atoms with Crippen LogP contribution in [0.25, 0.3) is 0 Å². The molecule has 0 spiro atoms. The second-order valence-corrected chi connectivity index (χ2v) is 4.92. The Hall–Kier alpha value is -1.51. The van der Waals surface area contributed by atoms with Gasteiger partial charge >= 0.3 is 0 Å². The van der Waals surface area contributed by atoms with Crippen molar-refractivity contribution in [3.05, 3.63) is 23.3 Å². The van der Waals surface area contributed by atoms with Gasteiger partial charge in [0.15, 0.2) is 17.3 Å². The maximum absolute atomic E-state index is 12.1. The van der Waals surface area contributed by atoms with Crippen molar-refractivity contribution in [2.75, 3.05) is 13.2 Å². The van der Waals surface area contributed by atoms with Gasteiger partial charge in [0.25, 0.3) is 0 Å². The van der Waals surface area contributed by atoms with Crippen LogP contribution < -0.4 is 9.47 Å². The Morgan fingerprint density at radius 2 is 1.88 bits per heavy atom. The molecule has 0 N–H and O–H groups in total. The highest BCUT2D eigenvalue weighted by molar-refractivity contribution is 5.98. The Bertz CT molecular complexity index is 465. The Kier molecular flexibility index (Phi) is 2.54. The van der Waals surface area contributed by atoms with Crippen LogP contribution in [0.2, 0.25) is 0 Å². The molecule has 0 aromatic heterocycles. The second-order valence-electron chi connectivity index (χ2n) is 4.92. The van der Waals surface area contributed by atoms with E-state index in [0.29, 0.717) is 25.6 Å². The first kappa shape index (κ1) is 10.6. The minimum Gasteiger partial charge on any atom is -0.486 e. The van der Waals surface area contributed by atoms with Gasteiger partial charge in [-0.25, -0.2) is 0 Å². The lowest BCUT2D eigenvalue weighted by Crippen LogP contribution is -2.16. The van der Waals surface area contributed by atoms with Gasteiger partial charge in [-0.1, -0.05) is 6.92 Å². The molecule has 3 rings (SSSR count). The molecule has 0 fully saturated rings. The van der Waals surface area contributed by atoms with E-state index in [1.54, 1.807) is 0 Å². The molecule has 1 heterocycles. The van der Waals surface area contributed by atoms with Gasteiger partial charge in [-0.05, 0) is 36.5 Å². The SMILES string of the molecule is CC1CCc2cc3c(cc2C(=O)C1)OCCO3. The third kappa shape index (κ3) is 1.90. The number of aryl methyl sites for hydroxylation is 1. The largest absolute Gasteiger partial charge is 0.486 e. The predicted octanol–water partition coefficient (Wildman–Crippen LogP) is 2.61. The van der Waals surface area contributed by atoms with E-state index < -0.39 is 0 Å². The third-order valence-corrected chi connectivity index (χ3v) is 3.51. The number of rotatable bonds is 0. The number of benzene rings is 1. The molecule has 1 aliphatic heterocycles. The zero-order valence-corrected chi connectivity index (χ0v) is 9.99. The van der Waals surface area contributed by atoms with E-state index >= 15 is 0 Å². The van der Waals surface area contributed by atoms with Crippen LogP contribution in [-0.4, -0.2) is 19.0 Å². The molecule has 0 bridgehead atoms. The molecule has 1 aliphatic carbocycles. The zero-order chi connectivity index (χ0) is 11.8. The summed E-state index contributed by atoms with van der Waals surface area (Å²) < 4.78 is 11.1. The average Bonchev–Trinajstić information content (AvgIpc) is 2.47. The van der Waals surface area contributed by atoms with Crippen molar-refractivity contribution in [2.24, 2.45) is 5.92 Å². The minimum absolute atomic E-state index is 0.238. The first-order valence-electron chi connectivity index (χ1n) is 6.20. The number of ketones is 1. The van der Waals surface area contributed by atoms with Crippen molar-refractivity contribution in [3.63, 3.8) is 0 Å². The summed E-state index contributed by atoms with van der Waals surface area (Å²) in [6, 6.07) is 3.85. The van der Waals surface area contributed by atoms with Crippen molar-refractivity contribution in [1.82, 2.24) is 0 Å². The normalized spacial score (nSPS) is 22.9. The van der Waals surface area contributed by atoms with E-state index in [-0.39, 0.29) is 5.78 Å². The van der Waals surface area contributed by atoms with E-state index in [2.05, 4.69) is 6.92 Å². The predicted molar refractivity (Wildman–Crippen MR) is 63.9 cm³/mol. The van der Waals surface area contributed by atoms with Crippen LogP contribution in [0.3, 0.4) is 0 Å². The van der Waals surface area contributed by atoms with E-state index in [1.165, 1.54) is 0 Å². The fourth-order valence-electron chi connectivity index (χ4n) is 2.53. The van der Waals surface area contributed by atoms with Crippen molar-refractivity contribution >= 4 is 5.78 Å². The molecule has 1 unspecified atom stereocenters. The van der Waals surface area contributed by atoms with Crippen molar-refractivity contribution in [2.45, 2.75) is 26.2 Å². The molecule has 0 saturated heterocycles. The number of ether oxygens (including phenoxy) is 2. The average molecular weight is 232 g/mol. The van der Waals surface area contributed by atoms with Crippen LogP contribution in [0.5, 0.6) is 11.5 Å². The highest BCUT2D eigenvalue weighted by Gasteiger charge is 2.23. The van der Waals surface area contributed by atoms with Crippen LogP contribution in [0.15, 0.2) is 12.1 Å². The van der Waals surface area contributed by atoms with E-state index in [1.807, 2.05) is 12.1 Å². The summed E-state index contributed by atoms with van der Waals surface area (Å²) in [5.74, 6) is 2.21. The molecule has 90 valence electrons. The number of carbonyl (C=O) groups excluding carboxylic acids is 1. The lowest BCUT2D eigenvalue weighted by atomic mass is 10.0.